The van der Waals surface area contributed by atoms with E-state index in [-0.39, 0.29) is 5.56 Å². The Morgan fingerprint density at radius 1 is 1.12 bits per heavy atom. The summed E-state index contributed by atoms with van der Waals surface area (Å²) >= 11 is 0. The van der Waals surface area contributed by atoms with Crippen LogP contribution in [0.5, 0.6) is 0 Å². The molecule has 0 saturated carbocycles. The highest BCUT2D eigenvalue weighted by Crippen LogP contribution is 2.18. The average Bonchev–Trinajstić information content (AvgIpc) is 2.72. The first-order valence-corrected chi connectivity index (χ1v) is 5.04. The lowest BCUT2D eigenvalue weighted by atomic mass is 10.3. The van der Waals surface area contributed by atoms with Gasteiger partial charge in [-0.25, -0.2) is 9.97 Å². The lowest BCUT2D eigenvalue weighted by Crippen LogP contribution is -2.01. The Hall–Kier alpha value is -2.63. The summed E-state index contributed by atoms with van der Waals surface area (Å²) in [6.07, 6.45) is 1.60. The molecule has 4 N–H and O–H groups in total. The van der Waals surface area contributed by atoms with Crippen molar-refractivity contribution in [2.75, 3.05) is 5.73 Å². The van der Waals surface area contributed by atoms with Crippen molar-refractivity contribution in [3.63, 3.8) is 0 Å². The number of pyridine rings is 2. The van der Waals surface area contributed by atoms with Gasteiger partial charge in [0, 0.05) is 17.8 Å². The number of H-pyrrole nitrogens is 2. The monoisotopic (exact) mass is 227 g/mol. The van der Waals surface area contributed by atoms with Crippen LogP contribution in [0.3, 0.4) is 0 Å². The van der Waals surface area contributed by atoms with Crippen LogP contribution in [0.2, 0.25) is 0 Å². The standard InChI is InChI=1S/C11H9N5O/c12-8-3-2-7-11(15-8)16-10(14-7)6-1-4-9(17)13-5-6/h1-5H,(H,13,17)(H3,12,14,15,16). The molecule has 0 bridgehead atoms. The Kier molecular flexibility index (Phi) is 1.94. The van der Waals surface area contributed by atoms with E-state index in [1.807, 2.05) is 6.07 Å². The second-order valence-corrected chi connectivity index (χ2v) is 3.63. The van der Waals surface area contributed by atoms with Crippen molar-refractivity contribution in [3.8, 4) is 11.4 Å². The molecule has 0 amide bonds. The van der Waals surface area contributed by atoms with Crippen molar-refractivity contribution in [2.45, 2.75) is 0 Å². The molecular formula is C11H9N5O. The Bertz CT molecular complexity index is 722. The van der Waals surface area contributed by atoms with Crippen LogP contribution in [0.25, 0.3) is 22.6 Å². The van der Waals surface area contributed by atoms with Gasteiger partial charge in [0.2, 0.25) is 5.56 Å². The van der Waals surface area contributed by atoms with E-state index in [1.54, 1.807) is 18.3 Å². The van der Waals surface area contributed by atoms with Crippen LogP contribution >= 0.6 is 0 Å². The fourth-order valence-corrected chi connectivity index (χ4v) is 1.60. The molecule has 3 rings (SSSR count). The van der Waals surface area contributed by atoms with Crippen molar-refractivity contribution >= 4 is 17.0 Å². The number of imidazole rings is 1. The van der Waals surface area contributed by atoms with Gasteiger partial charge in [-0.15, -0.1) is 0 Å². The molecule has 3 aromatic heterocycles. The molecule has 0 aliphatic carbocycles. The first-order chi connectivity index (χ1) is 8.22. The molecule has 0 aliphatic rings. The minimum absolute atomic E-state index is 0.146. The highest BCUT2D eigenvalue weighted by Gasteiger charge is 2.06. The number of anilines is 1. The molecule has 0 atom stereocenters. The fraction of sp³-hybridized carbons (Fsp3) is 0. The summed E-state index contributed by atoms with van der Waals surface area (Å²) in [5, 5.41) is 0. The number of aromatic nitrogens is 4. The molecule has 0 saturated heterocycles. The van der Waals surface area contributed by atoms with E-state index >= 15 is 0 Å². The maximum Gasteiger partial charge on any atom is 0.247 e. The van der Waals surface area contributed by atoms with E-state index < -0.39 is 0 Å². The zero-order valence-electron chi connectivity index (χ0n) is 8.77. The highest BCUT2D eigenvalue weighted by molar-refractivity contribution is 5.76. The molecule has 17 heavy (non-hydrogen) atoms. The molecular weight excluding hydrogens is 218 g/mol. The molecule has 0 spiro atoms. The summed E-state index contributed by atoms with van der Waals surface area (Å²) in [7, 11) is 0. The zero-order valence-corrected chi connectivity index (χ0v) is 8.77. The first-order valence-electron chi connectivity index (χ1n) is 5.04. The number of nitrogens with zero attached hydrogens (tertiary/aromatic N) is 2. The van der Waals surface area contributed by atoms with Crippen LogP contribution < -0.4 is 11.3 Å². The molecule has 6 heteroatoms. The van der Waals surface area contributed by atoms with Crippen molar-refractivity contribution in [1.82, 2.24) is 19.9 Å². The summed E-state index contributed by atoms with van der Waals surface area (Å²) in [5.41, 5.74) is 7.59. The normalized spacial score (nSPS) is 10.8. The number of nitrogens with two attached hydrogens (primary N) is 1. The van der Waals surface area contributed by atoms with Crippen LogP contribution in [0.1, 0.15) is 0 Å². The second-order valence-electron chi connectivity index (χ2n) is 3.63. The fourth-order valence-electron chi connectivity index (χ4n) is 1.60. The quantitative estimate of drug-likeness (QED) is 0.574. The van der Waals surface area contributed by atoms with Gasteiger partial charge in [-0.2, -0.15) is 0 Å². The third kappa shape index (κ3) is 1.65. The van der Waals surface area contributed by atoms with Gasteiger partial charge in [0.1, 0.15) is 11.6 Å². The van der Waals surface area contributed by atoms with Crippen LogP contribution in [-0.4, -0.2) is 19.9 Å². The van der Waals surface area contributed by atoms with E-state index in [4.69, 9.17) is 5.73 Å². The summed E-state index contributed by atoms with van der Waals surface area (Å²) < 4.78 is 0. The van der Waals surface area contributed by atoms with Gasteiger partial charge in [-0.1, -0.05) is 0 Å². The van der Waals surface area contributed by atoms with Gasteiger partial charge in [0.25, 0.3) is 0 Å². The number of nitrogen functional groups attached to an aromatic ring is 1. The van der Waals surface area contributed by atoms with Gasteiger partial charge in [-0.3, -0.25) is 4.79 Å². The van der Waals surface area contributed by atoms with E-state index in [2.05, 4.69) is 19.9 Å². The summed E-state index contributed by atoms with van der Waals surface area (Å²) in [6.45, 7) is 0. The highest BCUT2D eigenvalue weighted by atomic mass is 16.1. The van der Waals surface area contributed by atoms with E-state index in [9.17, 15) is 4.79 Å². The third-order valence-corrected chi connectivity index (χ3v) is 2.43. The summed E-state index contributed by atoms with van der Waals surface area (Å²) in [5.74, 6) is 1.08. The van der Waals surface area contributed by atoms with Gasteiger partial charge in [0.15, 0.2) is 5.65 Å². The largest absolute Gasteiger partial charge is 0.384 e. The maximum atomic E-state index is 11.0. The minimum atomic E-state index is -0.146. The topological polar surface area (TPSA) is 100 Å². The number of rotatable bonds is 1. The predicted molar refractivity (Wildman–Crippen MR) is 64.4 cm³/mol. The average molecular weight is 227 g/mol. The summed E-state index contributed by atoms with van der Waals surface area (Å²) in [6, 6.07) is 6.67. The Morgan fingerprint density at radius 2 is 2.00 bits per heavy atom. The molecule has 0 aromatic carbocycles. The van der Waals surface area contributed by atoms with Crippen LogP contribution in [0.15, 0.2) is 35.3 Å². The van der Waals surface area contributed by atoms with Crippen molar-refractivity contribution < 1.29 is 0 Å². The third-order valence-electron chi connectivity index (χ3n) is 2.43. The Labute approximate surface area is 95.5 Å². The molecule has 0 aliphatic heterocycles. The predicted octanol–water partition coefficient (Wildman–Crippen LogP) is 0.895. The van der Waals surface area contributed by atoms with E-state index in [0.717, 1.165) is 11.1 Å². The molecule has 0 unspecified atom stereocenters. The number of nitrogens with one attached hydrogen (secondary N) is 2. The van der Waals surface area contributed by atoms with Gasteiger partial charge in [-0.05, 0) is 18.2 Å². The summed E-state index contributed by atoms with van der Waals surface area (Å²) in [4.78, 5) is 25.1. The maximum absolute atomic E-state index is 11.0. The smallest absolute Gasteiger partial charge is 0.247 e. The second kappa shape index (κ2) is 3.44. The van der Waals surface area contributed by atoms with E-state index in [0.29, 0.717) is 17.3 Å². The van der Waals surface area contributed by atoms with E-state index in [1.165, 1.54) is 6.07 Å². The lowest BCUT2D eigenvalue weighted by Gasteiger charge is -1.93. The molecule has 0 fully saturated rings. The minimum Gasteiger partial charge on any atom is -0.384 e. The van der Waals surface area contributed by atoms with Crippen LogP contribution in [0.4, 0.5) is 5.82 Å². The molecule has 3 aromatic rings. The van der Waals surface area contributed by atoms with Crippen molar-refractivity contribution in [2.24, 2.45) is 0 Å². The zero-order chi connectivity index (χ0) is 11.8. The number of hydrogen-bond donors (Lipinski definition) is 3. The molecule has 0 radical (unpaired) electrons. The number of fused-ring (bicyclic) bond motifs is 1. The number of hydrogen-bond acceptors (Lipinski definition) is 4. The van der Waals surface area contributed by atoms with Crippen LogP contribution in [0, 0.1) is 0 Å². The molecule has 6 nitrogen and oxygen atoms in total. The van der Waals surface area contributed by atoms with Gasteiger partial charge in [0.05, 0.1) is 5.52 Å². The van der Waals surface area contributed by atoms with Crippen molar-refractivity contribution in [3.05, 3.63) is 40.8 Å². The number of aromatic amines is 2. The lowest BCUT2D eigenvalue weighted by molar-refractivity contribution is 1.21. The van der Waals surface area contributed by atoms with Gasteiger partial charge < -0.3 is 15.7 Å². The molecule has 3 heterocycles. The molecule has 84 valence electrons. The Balaban J connectivity index is 2.17. The van der Waals surface area contributed by atoms with Crippen molar-refractivity contribution in [1.29, 1.82) is 0 Å². The Morgan fingerprint density at radius 3 is 2.76 bits per heavy atom. The van der Waals surface area contributed by atoms with Crippen LogP contribution in [-0.2, 0) is 0 Å². The SMILES string of the molecule is Nc1ccc2[nH]c(-c3ccc(=O)[nH]c3)nc2n1. The van der Waals surface area contributed by atoms with Gasteiger partial charge >= 0.3 is 0 Å². The first kappa shape index (κ1) is 9.59.